The van der Waals surface area contributed by atoms with Gasteiger partial charge < -0.3 is 4.57 Å². The fourth-order valence-electron chi connectivity index (χ4n) is 2.21. The number of hydrogen-bond acceptors (Lipinski definition) is 3. The molecule has 2 aromatic rings. The largest absolute Gasteiger partial charge is 0.325 e. The van der Waals surface area contributed by atoms with E-state index in [1.165, 1.54) is 0 Å². The standard InChI is InChI=1S/C14H19ClN4/c1-8(2)12-10(5)17-14(18-13(12)15)11-6-16-7-19(11)9(3)4/h6-9H,1-5H3. The number of hydrogen-bond donors (Lipinski definition) is 0. The SMILES string of the molecule is Cc1nc(-c2cncn2C(C)C)nc(Cl)c1C(C)C. The quantitative estimate of drug-likeness (QED) is 0.797. The summed E-state index contributed by atoms with van der Waals surface area (Å²) in [5.41, 5.74) is 2.85. The van der Waals surface area contributed by atoms with E-state index in [1.807, 2.05) is 11.5 Å². The Labute approximate surface area is 118 Å². The Balaban J connectivity index is 2.56. The van der Waals surface area contributed by atoms with Crippen LogP contribution in [0.5, 0.6) is 0 Å². The van der Waals surface area contributed by atoms with Crippen molar-refractivity contribution in [3.63, 3.8) is 0 Å². The maximum Gasteiger partial charge on any atom is 0.179 e. The lowest BCUT2D eigenvalue weighted by Gasteiger charge is -2.14. The lowest BCUT2D eigenvalue weighted by Crippen LogP contribution is -2.06. The van der Waals surface area contributed by atoms with Crippen molar-refractivity contribution in [2.45, 2.75) is 46.6 Å². The van der Waals surface area contributed by atoms with E-state index in [9.17, 15) is 0 Å². The molecule has 0 aliphatic heterocycles. The molecule has 4 nitrogen and oxygen atoms in total. The van der Waals surface area contributed by atoms with Crippen LogP contribution in [0.1, 0.15) is 50.9 Å². The van der Waals surface area contributed by atoms with Gasteiger partial charge in [0.25, 0.3) is 0 Å². The zero-order valence-electron chi connectivity index (χ0n) is 12.0. The molecule has 0 unspecified atom stereocenters. The summed E-state index contributed by atoms with van der Waals surface area (Å²) in [5, 5.41) is 0.536. The van der Waals surface area contributed by atoms with Gasteiger partial charge in [-0.05, 0) is 26.7 Å². The lowest BCUT2D eigenvalue weighted by atomic mass is 10.0. The van der Waals surface area contributed by atoms with Crippen molar-refractivity contribution < 1.29 is 0 Å². The number of halogens is 1. The van der Waals surface area contributed by atoms with Crippen LogP contribution in [0.15, 0.2) is 12.5 Å². The minimum absolute atomic E-state index is 0.310. The van der Waals surface area contributed by atoms with Crippen molar-refractivity contribution in [2.75, 3.05) is 0 Å². The Morgan fingerprint density at radius 1 is 1.16 bits per heavy atom. The second kappa shape index (κ2) is 5.29. The summed E-state index contributed by atoms with van der Waals surface area (Å²) in [4.78, 5) is 13.2. The zero-order valence-corrected chi connectivity index (χ0v) is 12.7. The molecule has 2 rings (SSSR count). The van der Waals surface area contributed by atoms with Crippen LogP contribution in [0.25, 0.3) is 11.5 Å². The van der Waals surface area contributed by atoms with E-state index in [-0.39, 0.29) is 0 Å². The first kappa shape index (κ1) is 14.0. The second-order valence-electron chi connectivity index (χ2n) is 5.27. The van der Waals surface area contributed by atoms with Crippen molar-refractivity contribution in [3.8, 4) is 11.5 Å². The molecule has 19 heavy (non-hydrogen) atoms. The molecule has 0 amide bonds. The van der Waals surface area contributed by atoms with Crippen molar-refractivity contribution in [2.24, 2.45) is 0 Å². The van der Waals surface area contributed by atoms with E-state index in [0.717, 1.165) is 17.0 Å². The highest BCUT2D eigenvalue weighted by molar-refractivity contribution is 6.30. The normalized spacial score (nSPS) is 11.6. The first-order chi connectivity index (χ1) is 8.91. The summed E-state index contributed by atoms with van der Waals surface area (Å²) in [6, 6.07) is 0.310. The van der Waals surface area contributed by atoms with Crippen molar-refractivity contribution >= 4 is 11.6 Å². The first-order valence-electron chi connectivity index (χ1n) is 6.48. The highest BCUT2D eigenvalue weighted by Crippen LogP contribution is 2.28. The van der Waals surface area contributed by atoms with Gasteiger partial charge in [-0.2, -0.15) is 0 Å². The molecule has 0 spiro atoms. The van der Waals surface area contributed by atoms with Gasteiger partial charge in [-0.25, -0.2) is 15.0 Å². The van der Waals surface area contributed by atoms with E-state index in [4.69, 9.17) is 11.6 Å². The Hall–Kier alpha value is -1.42. The Kier molecular flexibility index (Phi) is 3.90. The van der Waals surface area contributed by atoms with Crippen molar-refractivity contribution in [3.05, 3.63) is 28.9 Å². The predicted octanol–water partition coefficient (Wildman–Crippen LogP) is 4.01. The summed E-state index contributed by atoms with van der Waals surface area (Å²) < 4.78 is 2.04. The summed E-state index contributed by atoms with van der Waals surface area (Å²) in [5.74, 6) is 0.953. The molecular weight excluding hydrogens is 260 g/mol. The van der Waals surface area contributed by atoms with Gasteiger partial charge in [-0.1, -0.05) is 25.4 Å². The molecule has 0 bridgehead atoms. The summed E-state index contributed by atoms with van der Waals surface area (Å²) in [7, 11) is 0. The minimum atomic E-state index is 0.310. The van der Waals surface area contributed by atoms with Gasteiger partial charge in [-0.15, -0.1) is 0 Å². The van der Waals surface area contributed by atoms with Gasteiger partial charge in [0.15, 0.2) is 5.82 Å². The third-order valence-corrected chi connectivity index (χ3v) is 3.41. The molecule has 0 atom stereocenters. The van der Waals surface area contributed by atoms with Gasteiger partial charge in [0.05, 0.1) is 12.5 Å². The molecule has 0 aromatic carbocycles. The Bertz CT molecular complexity index is 564. The monoisotopic (exact) mass is 278 g/mol. The molecule has 0 aliphatic carbocycles. The van der Waals surface area contributed by atoms with Crippen LogP contribution >= 0.6 is 11.6 Å². The van der Waals surface area contributed by atoms with E-state index in [0.29, 0.717) is 22.9 Å². The molecule has 0 radical (unpaired) electrons. The van der Waals surface area contributed by atoms with Crippen LogP contribution in [0, 0.1) is 6.92 Å². The summed E-state index contributed by atoms with van der Waals surface area (Å²) in [6.45, 7) is 10.4. The third-order valence-electron chi connectivity index (χ3n) is 3.12. The molecular formula is C14H19ClN4. The fourth-order valence-corrected chi connectivity index (χ4v) is 2.64. The molecule has 0 saturated carbocycles. The van der Waals surface area contributed by atoms with Gasteiger partial charge in [0, 0.05) is 17.3 Å². The number of aryl methyl sites for hydroxylation is 1. The van der Waals surface area contributed by atoms with E-state index in [1.54, 1.807) is 12.5 Å². The van der Waals surface area contributed by atoms with Crippen LogP contribution in [-0.4, -0.2) is 19.5 Å². The molecule has 0 N–H and O–H groups in total. The van der Waals surface area contributed by atoms with Gasteiger partial charge in [-0.3, -0.25) is 0 Å². The number of nitrogens with zero attached hydrogens (tertiary/aromatic N) is 4. The zero-order chi connectivity index (χ0) is 14.2. The molecule has 0 saturated heterocycles. The fraction of sp³-hybridized carbons (Fsp3) is 0.500. The molecule has 0 fully saturated rings. The summed E-state index contributed by atoms with van der Waals surface area (Å²) >= 11 is 6.30. The average Bonchev–Trinajstić information content (AvgIpc) is 2.75. The molecule has 2 heterocycles. The van der Waals surface area contributed by atoms with Crippen LogP contribution < -0.4 is 0 Å². The van der Waals surface area contributed by atoms with Gasteiger partial charge in [0.1, 0.15) is 10.8 Å². The highest BCUT2D eigenvalue weighted by Gasteiger charge is 2.16. The van der Waals surface area contributed by atoms with Crippen LogP contribution in [0.3, 0.4) is 0 Å². The maximum absolute atomic E-state index is 6.30. The topological polar surface area (TPSA) is 43.6 Å². The number of aromatic nitrogens is 4. The van der Waals surface area contributed by atoms with Crippen molar-refractivity contribution in [1.29, 1.82) is 0 Å². The lowest BCUT2D eigenvalue weighted by molar-refractivity contribution is 0.603. The average molecular weight is 279 g/mol. The smallest absolute Gasteiger partial charge is 0.179 e. The summed E-state index contributed by atoms with van der Waals surface area (Å²) in [6.07, 6.45) is 3.57. The third kappa shape index (κ3) is 2.63. The number of rotatable bonds is 3. The van der Waals surface area contributed by atoms with E-state index in [2.05, 4.69) is 42.6 Å². The van der Waals surface area contributed by atoms with E-state index < -0.39 is 0 Å². The first-order valence-corrected chi connectivity index (χ1v) is 6.85. The Morgan fingerprint density at radius 2 is 1.84 bits per heavy atom. The predicted molar refractivity (Wildman–Crippen MR) is 77.5 cm³/mol. The maximum atomic E-state index is 6.30. The molecule has 0 aliphatic rings. The van der Waals surface area contributed by atoms with Crippen LogP contribution in [-0.2, 0) is 0 Å². The van der Waals surface area contributed by atoms with Gasteiger partial charge >= 0.3 is 0 Å². The second-order valence-corrected chi connectivity index (χ2v) is 5.63. The molecule has 2 aromatic heterocycles. The number of imidazole rings is 1. The minimum Gasteiger partial charge on any atom is -0.325 e. The van der Waals surface area contributed by atoms with Crippen LogP contribution in [0.2, 0.25) is 5.15 Å². The molecule has 102 valence electrons. The highest BCUT2D eigenvalue weighted by atomic mass is 35.5. The van der Waals surface area contributed by atoms with E-state index >= 15 is 0 Å². The van der Waals surface area contributed by atoms with Crippen molar-refractivity contribution in [1.82, 2.24) is 19.5 Å². The Morgan fingerprint density at radius 3 is 2.37 bits per heavy atom. The van der Waals surface area contributed by atoms with Crippen LogP contribution in [0.4, 0.5) is 0 Å². The molecule has 5 heteroatoms. The van der Waals surface area contributed by atoms with Gasteiger partial charge in [0.2, 0.25) is 0 Å².